The van der Waals surface area contributed by atoms with Gasteiger partial charge in [0, 0.05) is 24.8 Å². The minimum absolute atomic E-state index is 0.0757. The van der Waals surface area contributed by atoms with Crippen molar-refractivity contribution >= 4 is 11.7 Å². The maximum absolute atomic E-state index is 13.6. The molecule has 2 rings (SSSR count). The Hall–Kier alpha value is -1.66. The van der Waals surface area contributed by atoms with Crippen molar-refractivity contribution < 1.29 is 19.0 Å². The smallest absolute Gasteiger partial charge is 0.319 e. The van der Waals surface area contributed by atoms with Crippen molar-refractivity contribution in [1.29, 1.82) is 0 Å². The number of carbonyl (C=O) groups is 1. The molecule has 1 heterocycles. The van der Waals surface area contributed by atoms with Crippen LogP contribution < -0.4 is 10.2 Å². The van der Waals surface area contributed by atoms with Crippen LogP contribution in [0.4, 0.5) is 10.1 Å². The van der Waals surface area contributed by atoms with E-state index >= 15 is 0 Å². The molecule has 1 aromatic carbocycles. The van der Waals surface area contributed by atoms with Crippen LogP contribution in [0.3, 0.4) is 0 Å². The first-order valence-electron chi connectivity index (χ1n) is 7.54. The maximum atomic E-state index is 13.6. The number of anilines is 1. The van der Waals surface area contributed by atoms with E-state index in [9.17, 15) is 14.3 Å². The monoisotopic (exact) mass is 310 g/mol. The molecule has 1 aromatic rings. The lowest BCUT2D eigenvalue weighted by Crippen LogP contribution is -2.37. The van der Waals surface area contributed by atoms with Crippen LogP contribution in [0, 0.1) is 5.82 Å². The SMILES string of the molecule is COC(=O)CNC(C)c1cc(F)ccc1N1CCC(O)CC1. The molecule has 0 radical (unpaired) electrons. The summed E-state index contributed by atoms with van der Waals surface area (Å²) in [5, 5.41) is 12.7. The van der Waals surface area contributed by atoms with Gasteiger partial charge in [-0.3, -0.25) is 4.79 Å². The molecule has 122 valence electrons. The number of nitrogens with zero attached hydrogens (tertiary/aromatic N) is 1. The van der Waals surface area contributed by atoms with Gasteiger partial charge in [-0.05, 0) is 43.5 Å². The lowest BCUT2D eigenvalue weighted by atomic mass is 10.0. The van der Waals surface area contributed by atoms with E-state index in [1.54, 1.807) is 6.07 Å². The Labute approximate surface area is 130 Å². The lowest BCUT2D eigenvalue weighted by Gasteiger charge is -2.34. The minimum Gasteiger partial charge on any atom is -0.468 e. The molecule has 1 unspecified atom stereocenters. The van der Waals surface area contributed by atoms with E-state index in [0.29, 0.717) is 12.8 Å². The standard InChI is InChI=1S/C16H23FN2O3/c1-11(18-10-16(21)22-2)14-9-12(17)3-4-15(14)19-7-5-13(20)6-8-19/h3-4,9,11,13,18,20H,5-8,10H2,1-2H3. The number of hydrogen-bond donors (Lipinski definition) is 2. The average molecular weight is 310 g/mol. The average Bonchev–Trinajstić information content (AvgIpc) is 2.53. The summed E-state index contributed by atoms with van der Waals surface area (Å²) in [4.78, 5) is 13.4. The zero-order valence-corrected chi connectivity index (χ0v) is 13.0. The highest BCUT2D eigenvalue weighted by Crippen LogP contribution is 2.29. The molecule has 1 saturated heterocycles. The summed E-state index contributed by atoms with van der Waals surface area (Å²) >= 11 is 0. The fourth-order valence-corrected chi connectivity index (χ4v) is 2.69. The van der Waals surface area contributed by atoms with Gasteiger partial charge in [0.1, 0.15) is 5.82 Å². The molecular formula is C16H23FN2O3. The van der Waals surface area contributed by atoms with E-state index < -0.39 is 0 Å². The lowest BCUT2D eigenvalue weighted by molar-refractivity contribution is -0.139. The van der Waals surface area contributed by atoms with E-state index in [0.717, 1.165) is 24.3 Å². The molecular weight excluding hydrogens is 287 g/mol. The van der Waals surface area contributed by atoms with Crippen LogP contribution in [0.2, 0.25) is 0 Å². The second-order valence-electron chi connectivity index (χ2n) is 5.60. The zero-order chi connectivity index (χ0) is 16.1. The number of halogens is 1. The number of aliphatic hydroxyl groups is 1. The summed E-state index contributed by atoms with van der Waals surface area (Å²) in [5.41, 5.74) is 1.75. The molecule has 1 atom stereocenters. The Morgan fingerprint density at radius 1 is 1.50 bits per heavy atom. The van der Waals surface area contributed by atoms with Gasteiger partial charge in [-0.2, -0.15) is 0 Å². The van der Waals surface area contributed by atoms with Crippen LogP contribution in [-0.4, -0.2) is 43.9 Å². The molecule has 1 aliphatic rings. The van der Waals surface area contributed by atoms with Crippen molar-refractivity contribution in [3.63, 3.8) is 0 Å². The van der Waals surface area contributed by atoms with Gasteiger partial charge in [-0.15, -0.1) is 0 Å². The van der Waals surface area contributed by atoms with Crippen LogP contribution in [0.1, 0.15) is 31.4 Å². The van der Waals surface area contributed by atoms with Gasteiger partial charge in [-0.1, -0.05) is 0 Å². The van der Waals surface area contributed by atoms with E-state index in [-0.39, 0.29) is 30.5 Å². The Kier molecular flexibility index (Phi) is 5.74. The number of esters is 1. The number of hydrogen-bond acceptors (Lipinski definition) is 5. The first-order valence-corrected chi connectivity index (χ1v) is 7.54. The van der Waals surface area contributed by atoms with E-state index in [4.69, 9.17) is 0 Å². The van der Waals surface area contributed by atoms with Crippen LogP contribution in [0.5, 0.6) is 0 Å². The molecule has 22 heavy (non-hydrogen) atoms. The Bertz CT molecular complexity index is 516. The number of nitrogens with one attached hydrogen (secondary N) is 1. The highest BCUT2D eigenvalue weighted by molar-refractivity contribution is 5.71. The fourth-order valence-electron chi connectivity index (χ4n) is 2.69. The van der Waals surface area contributed by atoms with E-state index in [2.05, 4.69) is 15.0 Å². The summed E-state index contributed by atoms with van der Waals surface area (Å²) in [5.74, 6) is -0.659. The Balaban J connectivity index is 2.14. The number of aliphatic hydroxyl groups excluding tert-OH is 1. The summed E-state index contributed by atoms with van der Waals surface area (Å²) in [6, 6.07) is 4.52. The first kappa shape index (κ1) is 16.7. The molecule has 1 fully saturated rings. The van der Waals surface area contributed by atoms with Gasteiger partial charge in [-0.25, -0.2) is 4.39 Å². The predicted octanol–water partition coefficient (Wildman–Crippen LogP) is 1.61. The van der Waals surface area contributed by atoms with Crippen LogP contribution in [0.15, 0.2) is 18.2 Å². The third kappa shape index (κ3) is 4.18. The van der Waals surface area contributed by atoms with Crippen molar-refractivity contribution in [3.8, 4) is 0 Å². The van der Waals surface area contributed by atoms with Crippen LogP contribution in [0.25, 0.3) is 0 Å². The molecule has 6 heteroatoms. The van der Waals surface area contributed by atoms with Crippen LogP contribution >= 0.6 is 0 Å². The fraction of sp³-hybridized carbons (Fsp3) is 0.562. The van der Waals surface area contributed by atoms with Crippen molar-refractivity contribution in [3.05, 3.63) is 29.6 Å². The van der Waals surface area contributed by atoms with Crippen molar-refractivity contribution in [2.45, 2.75) is 31.9 Å². The van der Waals surface area contributed by atoms with E-state index in [1.807, 2.05) is 6.92 Å². The second kappa shape index (κ2) is 7.56. The molecule has 0 amide bonds. The second-order valence-corrected chi connectivity index (χ2v) is 5.60. The third-order valence-corrected chi connectivity index (χ3v) is 4.04. The van der Waals surface area contributed by atoms with Gasteiger partial charge in [0.15, 0.2) is 0 Å². The largest absolute Gasteiger partial charge is 0.468 e. The predicted molar refractivity (Wildman–Crippen MR) is 82.3 cm³/mol. The summed E-state index contributed by atoms with van der Waals surface area (Å²) < 4.78 is 18.2. The topological polar surface area (TPSA) is 61.8 Å². The van der Waals surface area contributed by atoms with Gasteiger partial charge < -0.3 is 20.1 Å². The molecule has 1 aliphatic heterocycles. The van der Waals surface area contributed by atoms with Gasteiger partial charge >= 0.3 is 5.97 Å². The molecule has 0 spiro atoms. The summed E-state index contributed by atoms with van der Waals surface area (Å²) in [6.45, 7) is 3.44. The molecule has 0 bridgehead atoms. The molecule has 2 N–H and O–H groups in total. The molecule has 5 nitrogen and oxygen atoms in total. The summed E-state index contributed by atoms with van der Waals surface area (Å²) in [7, 11) is 1.33. The van der Waals surface area contributed by atoms with Gasteiger partial charge in [0.2, 0.25) is 0 Å². The Morgan fingerprint density at radius 2 is 2.18 bits per heavy atom. The summed E-state index contributed by atoms with van der Waals surface area (Å²) in [6.07, 6.45) is 1.16. The van der Waals surface area contributed by atoms with Gasteiger partial charge in [0.25, 0.3) is 0 Å². The number of rotatable bonds is 5. The third-order valence-electron chi connectivity index (χ3n) is 4.04. The maximum Gasteiger partial charge on any atom is 0.319 e. The van der Waals surface area contributed by atoms with Crippen molar-refractivity contribution in [1.82, 2.24) is 5.32 Å². The molecule has 0 saturated carbocycles. The number of carbonyl (C=O) groups excluding carboxylic acids is 1. The van der Waals surface area contributed by atoms with E-state index in [1.165, 1.54) is 19.2 Å². The zero-order valence-electron chi connectivity index (χ0n) is 13.0. The number of benzene rings is 1. The Morgan fingerprint density at radius 3 is 2.82 bits per heavy atom. The molecule has 0 aliphatic carbocycles. The number of piperidine rings is 1. The highest BCUT2D eigenvalue weighted by atomic mass is 19.1. The van der Waals surface area contributed by atoms with Crippen LogP contribution in [-0.2, 0) is 9.53 Å². The van der Waals surface area contributed by atoms with Crippen molar-refractivity contribution in [2.24, 2.45) is 0 Å². The number of ether oxygens (including phenoxy) is 1. The quantitative estimate of drug-likeness (QED) is 0.809. The van der Waals surface area contributed by atoms with Gasteiger partial charge in [0.05, 0.1) is 19.8 Å². The van der Waals surface area contributed by atoms with Crippen molar-refractivity contribution in [2.75, 3.05) is 31.6 Å². The molecule has 0 aromatic heterocycles. The number of methoxy groups -OCH3 is 1. The normalized spacial score (nSPS) is 17.4. The minimum atomic E-state index is -0.356. The highest BCUT2D eigenvalue weighted by Gasteiger charge is 2.21. The first-order chi connectivity index (χ1) is 10.5.